The van der Waals surface area contributed by atoms with E-state index >= 15 is 0 Å². The van der Waals surface area contributed by atoms with Gasteiger partial charge in [-0.1, -0.05) is 19.9 Å². The Balaban J connectivity index is 2.22. The molecule has 2 nitrogen and oxygen atoms in total. The summed E-state index contributed by atoms with van der Waals surface area (Å²) in [5, 5.41) is 1.00. The van der Waals surface area contributed by atoms with Crippen molar-refractivity contribution in [3.05, 3.63) is 28.8 Å². The third-order valence-corrected chi connectivity index (χ3v) is 4.40. The van der Waals surface area contributed by atoms with Gasteiger partial charge in [0.2, 0.25) is 0 Å². The molecule has 0 saturated heterocycles. The van der Waals surface area contributed by atoms with Gasteiger partial charge in [0, 0.05) is 12.5 Å². The van der Waals surface area contributed by atoms with Crippen LogP contribution < -0.4 is 0 Å². The molecule has 0 atom stereocenters. The van der Waals surface area contributed by atoms with Crippen LogP contribution in [0.4, 0.5) is 8.78 Å². The van der Waals surface area contributed by atoms with Crippen LogP contribution in [0.25, 0.3) is 10.2 Å². The quantitative estimate of drug-likeness (QED) is 0.713. The lowest BCUT2D eigenvalue weighted by atomic mass is 10.1. The molecule has 21 heavy (non-hydrogen) atoms. The van der Waals surface area contributed by atoms with Crippen molar-refractivity contribution < 1.29 is 8.78 Å². The van der Waals surface area contributed by atoms with E-state index in [1.165, 1.54) is 12.1 Å². The van der Waals surface area contributed by atoms with E-state index in [0.717, 1.165) is 49.1 Å². The van der Waals surface area contributed by atoms with Crippen LogP contribution in [0, 0.1) is 0 Å². The van der Waals surface area contributed by atoms with Crippen molar-refractivity contribution in [1.29, 1.82) is 0 Å². The first-order chi connectivity index (χ1) is 9.94. The van der Waals surface area contributed by atoms with Crippen LogP contribution in [0.1, 0.15) is 44.2 Å². The van der Waals surface area contributed by atoms with Gasteiger partial charge in [-0.05, 0) is 38.1 Å². The second-order valence-electron chi connectivity index (χ2n) is 5.45. The molecule has 0 aliphatic heterocycles. The second-order valence-corrected chi connectivity index (χ2v) is 6.57. The Bertz CT molecular complexity index is 583. The van der Waals surface area contributed by atoms with Crippen molar-refractivity contribution in [2.45, 2.75) is 46.1 Å². The minimum atomic E-state index is -2.81. The van der Waals surface area contributed by atoms with Crippen LogP contribution >= 0.6 is 11.3 Å². The number of nitrogens with zero attached hydrogens (tertiary/aromatic N) is 2. The van der Waals surface area contributed by atoms with Crippen LogP contribution in [0.5, 0.6) is 0 Å². The van der Waals surface area contributed by atoms with Crippen molar-refractivity contribution in [3.8, 4) is 0 Å². The highest BCUT2D eigenvalue weighted by molar-refractivity contribution is 7.18. The minimum absolute atomic E-state index is 0.0332. The first-order valence-electron chi connectivity index (χ1n) is 7.44. The third-order valence-electron chi connectivity index (χ3n) is 3.38. The van der Waals surface area contributed by atoms with Crippen LogP contribution in [0.3, 0.4) is 0 Å². The van der Waals surface area contributed by atoms with E-state index in [4.69, 9.17) is 0 Å². The number of hydrogen-bond donors (Lipinski definition) is 0. The zero-order valence-corrected chi connectivity index (χ0v) is 13.6. The van der Waals surface area contributed by atoms with Crippen LogP contribution in [0.15, 0.2) is 18.2 Å². The maximum absolute atomic E-state index is 13.4. The summed E-state index contributed by atoms with van der Waals surface area (Å²) in [5.74, 6) is -2.81. The van der Waals surface area contributed by atoms with Gasteiger partial charge in [0.1, 0.15) is 5.01 Å². The number of thiazole rings is 1. The van der Waals surface area contributed by atoms with Crippen molar-refractivity contribution >= 4 is 21.6 Å². The summed E-state index contributed by atoms with van der Waals surface area (Å²) >= 11 is 1.60. The SMILES string of the molecule is CCCN(CCC)Cc1nc2cc(C(C)(F)F)ccc2s1. The van der Waals surface area contributed by atoms with E-state index < -0.39 is 5.92 Å². The fraction of sp³-hybridized carbons (Fsp3) is 0.562. The normalized spacial score (nSPS) is 12.5. The van der Waals surface area contributed by atoms with Gasteiger partial charge in [-0.25, -0.2) is 13.8 Å². The maximum Gasteiger partial charge on any atom is 0.270 e. The molecule has 1 aromatic heterocycles. The molecule has 0 amide bonds. The van der Waals surface area contributed by atoms with Crippen molar-refractivity contribution in [2.24, 2.45) is 0 Å². The third kappa shape index (κ3) is 4.20. The number of alkyl halides is 2. The summed E-state index contributed by atoms with van der Waals surface area (Å²) < 4.78 is 27.7. The molecule has 0 fully saturated rings. The van der Waals surface area contributed by atoms with Gasteiger partial charge >= 0.3 is 0 Å². The fourth-order valence-corrected chi connectivity index (χ4v) is 3.40. The first-order valence-corrected chi connectivity index (χ1v) is 8.25. The predicted molar refractivity (Wildman–Crippen MR) is 85.0 cm³/mol. The fourth-order valence-electron chi connectivity index (χ4n) is 2.41. The molecule has 116 valence electrons. The summed E-state index contributed by atoms with van der Waals surface area (Å²) in [5.41, 5.74) is 0.716. The van der Waals surface area contributed by atoms with E-state index in [1.54, 1.807) is 17.4 Å². The standard InChI is InChI=1S/C16H22F2N2S/c1-4-8-20(9-5-2)11-15-19-13-10-12(16(3,17)18)6-7-14(13)21-15/h6-7,10H,4-5,8-9,11H2,1-3H3. The molecular weight excluding hydrogens is 290 g/mol. The summed E-state index contributed by atoms with van der Waals surface area (Å²) in [6.45, 7) is 8.14. The average Bonchev–Trinajstić information content (AvgIpc) is 2.79. The molecule has 0 bridgehead atoms. The summed E-state index contributed by atoms with van der Waals surface area (Å²) in [6.07, 6.45) is 2.22. The van der Waals surface area contributed by atoms with E-state index in [0.29, 0.717) is 5.52 Å². The van der Waals surface area contributed by atoms with Gasteiger partial charge < -0.3 is 0 Å². The molecule has 1 heterocycles. The lowest BCUT2D eigenvalue weighted by Gasteiger charge is -2.19. The number of hydrogen-bond acceptors (Lipinski definition) is 3. The largest absolute Gasteiger partial charge is 0.297 e. The van der Waals surface area contributed by atoms with Gasteiger partial charge in [0.05, 0.1) is 16.8 Å². The molecule has 0 saturated carbocycles. The average molecular weight is 312 g/mol. The number of halogens is 2. The molecular formula is C16H22F2N2S. The second kappa shape index (κ2) is 6.79. The van der Waals surface area contributed by atoms with Crippen LogP contribution in [-0.2, 0) is 12.5 Å². The minimum Gasteiger partial charge on any atom is -0.297 e. The molecule has 1 aromatic carbocycles. The molecule has 0 spiro atoms. The van der Waals surface area contributed by atoms with Crippen molar-refractivity contribution in [2.75, 3.05) is 13.1 Å². The zero-order valence-electron chi connectivity index (χ0n) is 12.8. The number of aromatic nitrogens is 1. The topological polar surface area (TPSA) is 16.1 Å². The Hall–Kier alpha value is -1.07. The molecule has 2 rings (SSSR count). The Kier molecular flexibility index (Phi) is 5.27. The van der Waals surface area contributed by atoms with E-state index in [2.05, 4.69) is 23.7 Å². The van der Waals surface area contributed by atoms with Crippen LogP contribution in [0.2, 0.25) is 0 Å². The summed E-state index contributed by atoms with van der Waals surface area (Å²) in [6, 6.07) is 4.77. The molecule has 0 radical (unpaired) electrons. The van der Waals surface area contributed by atoms with Gasteiger partial charge in [-0.15, -0.1) is 11.3 Å². The summed E-state index contributed by atoms with van der Waals surface area (Å²) in [7, 11) is 0. The highest BCUT2D eigenvalue weighted by Gasteiger charge is 2.24. The van der Waals surface area contributed by atoms with E-state index in [1.807, 2.05) is 0 Å². The van der Waals surface area contributed by atoms with Crippen molar-refractivity contribution in [1.82, 2.24) is 9.88 Å². The van der Waals surface area contributed by atoms with Crippen LogP contribution in [-0.4, -0.2) is 23.0 Å². The molecule has 0 N–H and O–H groups in total. The molecule has 0 unspecified atom stereocenters. The monoisotopic (exact) mass is 312 g/mol. The highest BCUT2D eigenvalue weighted by atomic mass is 32.1. The number of rotatable bonds is 7. The maximum atomic E-state index is 13.4. The predicted octanol–water partition coefficient (Wildman–Crippen LogP) is 5.03. The Morgan fingerprint density at radius 3 is 2.43 bits per heavy atom. The molecule has 0 aliphatic carbocycles. The first kappa shape index (κ1) is 16.3. The molecule has 2 aromatic rings. The lowest BCUT2D eigenvalue weighted by Crippen LogP contribution is -2.24. The Labute approximate surface area is 128 Å². The van der Waals surface area contributed by atoms with Gasteiger partial charge in [-0.2, -0.15) is 0 Å². The van der Waals surface area contributed by atoms with Gasteiger partial charge in [0.25, 0.3) is 5.92 Å². The Morgan fingerprint density at radius 1 is 1.19 bits per heavy atom. The smallest absolute Gasteiger partial charge is 0.270 e. The van der Waals surface area contributed by atoms with E-state index in [-0.39, 0.29) is 5.56 Å². The highest BCUT2D eigenvalue weighted by Crippen LogP contribution is 2.31. The lowest BCUT2D eigenvalue weighted by molar-refractivity contribution is 0.0176. The summed E-state index contributed by atoms with van der Waals surface area (Å²) in [4.78, 5) is 6.90. The Morgan fingerprint density at radius 2 is 1.86 bits per heavy atom. The number of benzene rings is 1. The zero-order chi connectivity index (χ0) is 15.5. The van der Waals surface area contributed by atoms with E-state index in [9.17, 15) is 8.78 Å². The van der Waals surface area contributed by atoms with Gasteiger partial charge in [0.15, 0.2) is 0 Å². The number of fused-ring (bicyclic) bond motifs is 1. The molecule has 0 aliphatic rings. The van der Waals surface area contributed by atoms with Gasteiger partial charge in [-0.3, -0.25) is 4.90 Å². The van der Waals surface area contributed by atoms with Crippen molar-refractivity contribution in [3.63, 3.8) is 0 Å². The molecule has 5 heteroatoms.